The summed E-state index contributed by atoms with van der Waals surface area (Å²) in [6.45, 7) is 2.94. The summed E-state index contributed by atoms with van der Waals surface area (Å²) in [7, 11) is 0. The molecular weight excluding hydrogens is 212 g/mol. The topological polar surface area (TPSA) is 25.7 Å². The minimum Gasteiger partial charge on any atom is -0.456 e. The fourth-order valence-electron chi connectivity index (χ4n) is 2.33. The van der Waals surface area contributed by atoms with Gasteiger partial charge in [0.1, 0.15) is 16.8 Å². The highest BCUT2D eigenvalue weighted by Gasteiger charge is 2.41. The lowest BCUT2D eigenvalue weighted by molar-refractivity contribution is 0.329. The van der Waals surface area contributed by atoms with Crippen LogP contribution >= 0.6 is 0 Å². The summed E-state index contributed by atoms with van der Waals surface area (Å²) >= 11 is 0. The second-order valence-electron chi connectivity index (χ2n) is 4.83. The third kappa shape index (κ3) is 1.25. The van der Waals surface area contributed by atoms with E-state index in [-0.39, 0.29) is 5.60 Å². The fourth-order valence-corrected chi connectivity index (χ4v) is 2.33. The van der Waals surface area contributed by atoms with E-state index in [1.165, 1.54) is 16.3 Å². The van der Waals surface area contributed by atoms with Gasteiger partial charge >= 0.3 is 0 Å². The number of ether oxygens (including phenoxy) is 1. The van der Waals surface area contributed by atoms with Gasteiger partial charge in [-0.3, -0.25) is 0 Å². The molecule has 0 radical (unpaired) electrons. The predicted molar refractivity (Wildman–Crippen MR) is 67.0 cm³/mol. The van der Waals surface area contributed by atoms with Gasteiger partial charge in [-0.25, -0.2) is 0 Å². The molecule has 2 heteroatoms. The van der Waals surface area contributed by atoms with E-state index >= 15 is 0 Å². The van der Waals surface area contributed by atoms with E-state index in [1.807, 2.05) is 24.3 Å². The number of fused-ring (bicyclic) bond motifs is 3. The van der Waals surface area contributed by atoms with Gasteiger partial charge in [-0.05, 0) is 30.7 Å². The fraction of sp³-hybridized carbons (Fsp3) is 0.200. The number of epoxide rings is 1. The van der Waals surface area contributed by atoms with Crippen molar-refractivity contribution in [1.82, 2.24) is 0 Å². The molecule has 2 heterocycles. The van der Waals surface area contributed by atoms with Crippen LogP contribution in [0.3, 0.4) is 0 Å². The molecule has 1 fully saturated rings. The first-order valence-corrected chi connectivity index (χ1v) is 5.82. The summed E-state index contributed by atoms with van der Waals surface area (Å²) in [6.07, 6.45) is 0. The Labute approximate surface area is 98.8 Å². The van der Waals surface area contributed by atoms with Crippen molar-refractivity contribution in [2.75, 3.05) is 6.61 Å². The zero-order valence-electron chi connectivity index (χ0n) is 9.57. The van der Waals surface area contributed by atoms with Gasteiger partial charge in [-0.1, -0.05) is 24.3 Å². The van der Waals surface area contributed by atoms with Crippen molar-refractivity contribution in [3.8, 4) is 0 Å². The van der Waals surface area contributed by atoms with Crippen LogP contribution in [-0.4, -0.2) is 6.61 Å². The lowest BCUT2D eigenvalue weighted by Crippen LogP contribution is -2.00. The molecule has 0 bridgehead atoms. The van der Waals surface area contributed by atoms with Gasteiger partial charge < -0.3 is 9.15 Å². The summed E-state index contributed by atoms with van der Waals surface area (Å²) < 4.78 is 11.3. The molecule has 1 atom stereocenters. The van der Waals surface area contributed by atoms with Crippen molar-refractivity contribution >= 4 is 21.9 Å². The number of para-hydroxylation sites is 1. The lowest BCUT2D eigenvalue weighted by atomic mass is 10.00. The molecule has 1 unspecified atom stereocenters. The van der Waals surface area contributed by atoms with Gasteiger partial charge in [0.05, 0.1) is 6.61 Å². The molecular formula is C15H12O2. The van der Waals surface area contributed by atoms with E-state index < -0.39 is 0 Å². The van der Waals surface area contributed by atoms with E-state index in [9.17, 15) is 0 Å². The average Bonchev–Trinajstić information content (AvgIpc) is 3.00. The molecule has 2 aromatic carbocycles. The Balaban J connectivity index is 2.07. The van der Waals surface area contributed by atoms with Gasteiger partial charge in [0.2, 0.25) is 0 Å². The van der Waals surface area contributed by atoms with E-state index in [4.69, 9.17) is 9.15 Å². The van der Waals surface area contributed by atoms with E-state index in [0.29, 0.717) is 0 Å². The van der Waals surface area contributed by atoms with Gasteiger partial charge in [0.15, 0.2) is 0 Å². The highest BCUT2D eigenvalue weighted by Crippen LogP contribution is 2.40. The van der Waals surface area contributed by atoms with E-state index in [0.717, 1.165) is 17.8 Å². The second-order valence-corrected chi connectivity index (χ2v) is 4.83. The predicted octanol–water partition coefficient (Wildman–Crippen LogP) is 3.83. The molecule has 1 saturated heterocycles. The summed E-state index contributed by atoms with van der Waals surface area (Å²) in [6, 6.07) is 14.5. The second kappa shape index (κ2) is 2.90. The molecule has 17 heavy (non-hydrogen) atoms. The summed E-state index contributed by atoms with van der Waals surface area (Å²) in [5.74, 6) is 0. The van der Waals surface area contributed by atoms with Crippen LogP contribution < -0.4 is 0 Å². The third-order valence-corrected chi connectivity index (χ3v) is 3.56. The van der Waals surface area contributed by atoms with Crippen LogP contribution in [0.2, 0.25) is 0 Å². The monoisotopic (exact) mass is 224 g/mol. The van der Waals surface area contributed by atoms with E-state index in [2.05, 4.69) is 25.1 Å². The van der Waals surface area contributed by atoms with Crippen molar-refractivity contribution in [1.29, 1.82) is 0 Å². The number of hydrogen-bond donors (Lipinski definition) is 0. The maximum Gasteiger partial charge on any atom is 0.135 e. The zero-order chi connectivity index (χ0) is 11.5. The first kappa shape index (κ1) is 9.25. The smallest absolute Gasteiger partial charge is 0.135 e. The number of furan rings is 1. The minimum absolute atomic E-state index is 0.0768. The highest BCUT2D eigenvalue weighted by atomic mass is 16.6. The summed E-state index contributed by atoms with van der Waals surface area (Å²) in [5.41, 5.74) is 3.05. The van der Waals surface area contributed by atoms with Crippen molar-refractivity contribution in [3.05, 3.63) is 48.0 Å². The van der Waals surface area contributed by atoms with Crippen LogP contribution in [0.15, 0.2) is 46.9 Å². The van der Waals surface area contributed by atoms with Crippen LogP contribution in [0.25, 0.3) is 21.9 Å². The number of benzene rings is 2. The molecule has 0 spiro atoms. The van der Waals surface area contributed by atoms with Crippen LogP contribution in [0.1, 0.15) is 12.5 Å². The standard InChI is InChI=1S/C15H12O2/c1-15(9-16-15)10-6-7-14-12(8-10)11-4-2-3-5-13(11)17-14/h2-8H,9H2,1H3. The number of hydrogen-bond acceptors (Lipinski definition) is 2. The lowest BCUT2D eigenvalue weighted by Gasteiger charge is -2.04. The van der Waals surface area contributed by atoms with Gasteiger partial charge in [0, 0.05) is 10.8 Å². The quantitative estimate of drug-likeness (QED) is 0.587. The molecule has 4 rings (SSSR count). The molecule has 3 aromatic rings. The zero-order valence-corrected chi connectivity index (χ0v) is 9.57. The van der Waals surface area contributed by atoms with Crippen molar-refractivity contribution < 1.29 is 9.15 Å². The first-order chi connectivity index (χ1) is 8.26. The molecule has 0 saturated carbocycles. The SMILES string of the molecule is CC1(c2ccc3oc4ccccc4c3c2)CO1. The van der Waals surface area contributed by atoms with Crippen molar-refractivity contribution in [2.24, 2.45) is 0 Å². The van der Waals surface area contributed by atoms with Crippen molar-refractivity contribution in [3.63, 3.8) is 0 Å². The van der Waals surface area contributed by atoms with Crippen molar-refractivity contribution in [2.45, 2.75) is 12.5 Å². The Bertz CT molecular complexity index is 720. The number of rotatable bonds is 1. The Kier molecular flexibility index (Phi) is 1.58. The summed E-state index contributed by atoms with van der Waals surface area (Å²) in [5, 5.41) is 2.35. The van der Waals surface area contributed by atoms with Gasteiger partial charge in [-0.15, -0.1) is 0 Å². The molecule has 0 aliphatic carbocycles. The summed E-state index contributed by atoms with van der Waals surface area (Å²) in [4.78, 5) is 0. The third-order valence-electron chi connectivity index (χ3n) is 3.56. The van der Waals surface area contributed by atoms with Crippen LogP contribution in [-0.2, 0) is 10.3 Å². The Hall–Kier alpha value is -1.80. The van der Waals surface area contributed by atoms with Crippen LogP contribution in [0, 0.1) is 0 Å². The van der Waals surface area contributed by atoms with Crippen LogP contribution in [0.4, 0.5) is 0 Å². The largest absolute Gasteiger partial charge is 0.456 e. The Morgan fingerprint density at radius 1 is 1.00 bits per heavy atom. The maximum atomic E-state index is 5.80. The highest BCUT2D eigenvalue weighted by molar-refractivity contribution is 6.05. The van der Waals surface area contributed by atoms with Crippen LogP contribution in [0.5, 0.6) is 0 Å². The normalized spacial score (nSPS) is 23.4. The minimum atomic E-state index is -0.0768. The Morgan fingerprint density at radius 3 is 2.59 bits per heavy atom. The first-order valence-electron chi connectivity index (χ1n) is 5.82. The van der Waals surface area contributed by atoms with Gasteiger partial charge in [-0.2, -0.15) is 0 Å². The average molecular weight is 224 g/mol. The molecule has 1 aliphatic rings. The van der Waals surface area contributed by atoms with Gasteiger partial charge in [0.25, 0.3) is 0 Å². The maximum absolute atomic E-state index is 5.80. The molecule has 2 nitrogen and oxygen atoms in total. The van der Waals surface area contributed by atoms with E-state index in [1.54, 1.807) is 0 Å². The molecule has 84 valence electrons. The molecule has 0 amide bonds. The Morgan fingerprint density at radius 2 is 1.76 bits per heavy atom. The molecule has 1 aliphatic heterocycles. The molecule has 1 aromatic heterocycles. The molecule has 0 N–H and O–H groups in total.